The predicted molar refractivity (Wildman–Crippen MR) is 110 cm³/mol. The van der Waals surface area contributed by atoms with Gasteiger partial charge in [-0.3, -0.25) is 9.36 Å². The molecular formula is C22H26N2OS. The smallest absolute Gasteiger partial charge is 0.262 e. The van der Waals surface area contributed by atoms with Gasteiger partial charge < -0.3 is 0 Å². The van der Waals surface area contributed by atoms with Crippen LogP contribution in [-0.2, 0) is 19.4 Å². The summed E-state index contributed by atoms with van der Waals surface area (Å²) in [6.07, 6.45) is 7.87. The van der Waals surface area contributed by atoms with E-state index in [9.17, 15) is 4.79 Å². The van der Waals surface area contributed by atoms with Gasteiger partial charge in [0.15, 0.2) is 0 Å². The molecule has 0 radical (unpaired) electrons. The second-order valence-electron chi connectivity index (χ2n) is 7.36. The predicted octanol–water partition coefficient (Wildman–Crippen LogP) is 5.50. The van der Waals surface area contributed by atoms with E-state index in [0.29, 0.717) is 0 Å². The number of rotatable bonds is 5. The second-order valence-corrected chi connectivity index (χ2v) is 8.44. The van der Waals surface area contributed by atoms with Gasteiger partial charge in [0.05, 0.1) is 5.39 Å². The largest absolute Gasteiger partial charge is 0.292 e. The summed E-state index contributed by atoms with van der Waals surface area (Å²) in [5.74, 6) is 0.834. The highest BCUT2D eigenvalue weighted by atomic mass is 32.1. The van der Waals surface area contributed by atoms with Crippen molar-refractivity contribution >= 4 is 21.6 Å². The van der Waals surface area contributed by atoms with E-state index in [-0.39, 0.29) is 5.56 Å². The molecule has 0 fully saturated rings. The second kappa shape index (κ2) is 7.36. The first kappa shape index (κ1) is 17.5. The molecule has 0 spiro atoms. The van der Waals surface area contributed by atoms with Crippen LogP contribution in [0.15, 0.2) is 29.1 Å². The third kappa shape index (κ3) is 3.11. The third-order valence-electron chi connectivity index (χ3n) is 5.34. The molecule has 2 heterocycles. The first-order valence-corrected chi connectivity index (χ1v) is 10.6. The first-order valence-electron chi connectivity index (χ1n) is 9.81. The van der Waals surface area contributed by atoms with Crippen molar-refractivity contribution in [3.05, 3.63) is 50.6 Å². The van der Waals surface area contributed by atoms with Gasteiger partial charge >= 0.3 is 0 Å². The molecule has 0 amide bonds. The highest BCUT2D eigenvalue weighted by Gasteiger charge is 2.22. The van der Waals surface area contributed by atoms with Gasteiger partial charge in [-0.15, -0.1) is 11.3 Å². The first-order chi connectivity index (χ1) is 12.7. The number of thiophene rings is 1. The molecule has 1 aliphatic carbocycles. The van der Waals surface area contributed by atoms with Crippen LogP contribution in [0.5, 0.6) is 0 Å². The van der Waals surface area contributed by atoms with Crippen LogP contribution in [0.4, 0.5) is 0 Å². The number of nitrogens with zero attached hydrogens (tertiary/aromatic N) is 2. The minimum Gasteiger partial charge on any atom is -0.292 e. The molecular weight excluding hydrogens is 340 g/mol. The van der Waals surface area contributed by atoms with E-state index in [2.05, 4.69) is 38.1 Å². The van der Waals surface area contributed by atoms with Crippen LogP contribution in [0.2, 0.25) is 0 Å². The summed E-state index contributed by atoms with van der Waals surface area (Å²) in [5.41, 5.74) is 3.70. The maximum atomic E-state index is 13.5. The van der Waals surface area contributed by atoms with Gasteiger partial charge in [-0.25, -0.2) is 4.98 Å². The van der Waals surface area contributed by atoms with E-state index in [1.54, 1.807) is 11.3 Å². The monoisotopic (exact) mass is 366 g/mol. The summed E-state index contributed by atoms with van der Waals surface area (Å²) in [5, 5.41) is 0.901. The van der Waals surface area contributed by atoms with Crippen molar-refractivity contribution < 1.29 is 0 Å². The van der Waals surface area contributed by atoms with E-state index in [4.69, 9.17) is 4.98 Å². The lowest BCUT2D eigenvalue weighted by Crippen LogP contribution is -2.24. The van der Waals surface area contributed by atoms with E-state index < -0.39 is 0 Å². The summed E-state index contributed by atoms with van der Waals surface area (Å²) < 4.78 is 1.94. The zero-order chi connectivity index (χ0) is 18.1. The molecule has 4 heteroatoms. The summed E-state index contributed by atoms with van der Waals surface area (Å²) in [6, 6.07) is 8.35. The van der Waals surface area contributed by atoms with Crippen LogP contribution in [-0.4, -0.2) is 9.55 Å². The number of hydrogen-bond acceptors (Lipinski definition) is 3. The lowest BCUT2D eigenvalue weighted by atomic mass is 9.97. The van der Waals surface area contributed by atoms with Crippen LogP contribution in [0.1, 0.15) is 55.0 Å². The van der Waals surface area contributed by atoms with Crippen molar-refractivity contribution in [3.8, 4) is 11.4 Å². The van der Waals surface area contributed by atoms with Crippen molar-refractivity contribution in [2.24, 2.45) is 0 Å². The Morgan fingerprint density at radius 2 is 2.04 bits per heavy atom. The number of aryl methyl sites for hydroxylation is 3. The van der Waals surface area contributed by atoms with Gasteiger partial charge in [0, 0.05) is 17.0 Å². The molecule has 0 saturated carbocycles. The quantitative estimate of drug-likeness (QED) is 0.559. The van der Waals surface area contributed by atoms with Crippen molar-refractivity contribution in [2.45, 2.75) is 65.3 Å². The van der Waals surface area contributed by atoms with Gasteiger partial charge in [-0.2, -0.15) is 0 Å². The zero-order valence-corrected chi connectivity index (χ0v) is 16.5. The Bertz CT molecular complexity index is 999. The van der Waals surface area contributed by atoms with Crippen LogP contribution in [0, 0.1) is 6.92 Å². The maximum absolute atomic E-state index is 13.5. The van der Waals surface area contributed by atoms with Crippen LogP contribution >= 0.6 is 11.3 Å². The highest BCUT2D eigenvalue weighted by Crippen LogP contribution is 2.35. The van der Waals surface area contributed by atoms with E-state index in [1.807, 2.05) is 4.57 Å². The fourth-order valence-electron chi connectivity index (χ4n) is 3.97. The van der Waals surface area contributed by atoms with Gasteiger partial charge in [0.1, 0.15) is 10.7 Å². The van der Waals surface area contributed by atoms with Crippen molar-refractivity contribution in [2.75, 3.05) is 0 Å². The Morgan fingerprint density at radius 3 is 2.85 bits per heavy atom. The molecule has 0 bridgehead atoms. The van der Waals surface area contributed by atoms with Crippen LogP contribution in [0.3, 0.4) is 0 Å². The molecule has 1 aromatic carbocycles. The van der Waals surface area contributed by atoms with Crippen molar-refractivity contribution in [3.63, 3.8) is 0 Å². The fraction of sp³-hybridized carbons (Fsp3) is 0.455. The zero-order valence-electron chi connectivity index (χ0n) is 15.7. The van der Waals surface area contributed by atoms with E-state index >= 15 is 0 Å². The lowest BCUT2D eigenvalue weighted by Gasteiger charge is -2.14. The van der Waals surface area contributed by atoms with Crippen LogP contribution in [0.25, 0.3) is 21.6 Å². The minimum absolute atomic E-state index is 0.169. The molecule has 2 aromatic heterocycles. The van der Waals surface area contributed by atoms with Gasteiger partial charge in [0.2, 0.25) is 0 Å². The molecule has 0 atom stereocenters. The number of hydrogen-bond donors (Lipinski definition) is 0. The normalized spacial score (nSPS) is 13.9. The summed E-state index contributed by atoms with van der Waals surface area (Å²) in [7, 11) is 0. The molecule has 26 heavy (non-hydrogen) atoms. The van der Waals surface area contributed by atoms with Gasteiger partial charge in [-0.1, -0.05) is 43.5 Å². The summed E-state index contributed by atoms with van der Waals surface area (Å²) in [6.45, 7) is 5.04. The SMILES string of the molecule is CCCCCn1c(-c2cccc(C)c2)nc2sc3c(c2c1=O)CCCC3. The van der Waals surface area contributed by atoms with E-state index in [1.165, 1.54) is 28.8 Å². The average molecular weight is 367 g/mol. The fourth-order valence-corrected chi connectivity index (χ4v) is 5.22. The molecule has 4 rings (SSSR count). The Morgan fingerprint density at radius 1 is 1.19 bits per heavy atom. The number of aromatic nitrogens is 2. The number of unbranched alkanes of at least 4 members (excludes halogenated alkanes) is 2. The number of fused-ring (bicyclic) bond motifs is 3. The highest BCUT2D eigenvalue weighted by molar-refractivity contribution is 7.18. The molecule has 0 saturated heterocycles. The lowest BCUT2D eigenvalue weighted by molar-refractivity contribution is 0.589. The minimum atomic E-state index is 0.169. The third-order valence-corrected chi connectivity index (χ3v) is 6.52. The Kier molecular flexibility index (Phi) is 4.94. The van der Waals surface area contributed by atoms with E-state index in [0.717, 1.165) is 60.3 Å². The van der Waals surface area contributed by atoms with Crippen molar-refractivity contribution in [1.82, 2.24) is 9.55 Å². The van der Waals surface area contributed by atoms with Gasteiger partial charge in [-0.05, 0) is 50.7 Å². The summed E-state index contributed by atoms with van der Waals surface area (Å²) >= 11 is 1.74. The topological polar surface area (TPSA) is 34.9 Å². The summed E-state index contributed by atoms with van der Waals surface area (Å²) in [4.78, 5) is 20.8. The number of benzene rings is 1. The Balaban J connectivity index is 1.94. The average Bonchev–Trinajstić information content (AvgIpc) is 3.02. The molecule has 0 unspecified atom stereocenters. The molecule has 1 aliphatic rings. The van der Waals surface area contributed by atoms with Crippen LogP contribution < -0.4 is 5.56 Å². The van der Waals surface area contributed by atoms with Gasteiger partial charge in [0.25, 0.3) is 5.56 Å². The standard InChI is InChI=1S/C22H26N2OS/c1-3-4-7-13-24-20(16-10-8-9-15(2)14-16)23-21-19(22(24)25)17-11-5-6-12-18(17)26-21/h8-10,14H,3-7,11-13H2,1-2H3. The molecule has 3 aromatic rings. The molecule has 3 nitrogen and oxygen atoms in total. The maximum Gasteiger partial charge on any atom is 0.262 e. The van der Waals surface area contributed by atoms with Crippen molar-refractivity contribution in [1.29, 1.82) is 0 Å². The molecule has 0 N–H and O–H groups in total. The Labute approximate surface area is 158 Å². The molecule has 136 valence electrons. The Hall–Kier alpha value is -1.94. The molecule has 0 aliphatic heterocycles.